The first-order chi connectivity index (χ1) is 10.9. The van der Waals surface area contributed by atoms with Gasteiger partial charge in [-0.1, -0.05) is 25.5 Å². The van der Waals surface area contributed by atoms with Crippen LogP contribution in [0.5, 0.6) is 5.75 Å². The molecule has 0 aliphatic heterocycles. The number of carbonyl (C=O) groups is 1. The summed E-state index contributed by atoms with van der Waals surface area (Å²) in [6.07, 6.45) is 1.68. The first-order valence-corrected chi connectivity index (χ1v) is 6.69. The minimum atomic E-state index is -2.33. The molecule has 0 saturated carbocycles. The van der Waals surface area contributed by atoms with Gasteiger partial charge in [-0.15, -0.1) is 0 Å². The SMILES string of the molecule is CCCc1ccc(OC(=O)c2c(F)c(F)c(F)c(F)c2F)cc1. The second-order valence-electron chi connectivity index (χ2n) is 4.73. The monoisotopic (exact) mass is 330 g/mol. The summed E-state index contributed by atoms with van der Waals surface area (Å²) in [5, 5.41) is 0. The van der Waals surface area contributed by atoms with E-state index in [-0.39, 0.29) is 5.75 Å². The van der Waals surface area contributed by atoms with Crippen LogP contribution in [0.15, 0.2) is 24.3 Å². The van der Waals surface area contributed by atoms with Crippen LogP contribution in [0.4, 0.5) is 22.0 Å². The minimum Gasteiger partial charge on any atom is -0.423 e. The van der Waals surface area contributed by atoms with E-state index >= 15 is 0 Å². The van der Waals surface area contributed by atoms with E-state index in [9.17, 15) is 26.7 Å². The van der Waals surface area contributed by atoms with Crippen molar-refractivity contribution in [2.75, 3.05) is 0 Å². The third-order valence-corrected chi connectivity index (χ3v) is 3.09. The van der Waals surface area contributed by atoms with Crippen molar-refractivity contribution in [2.45, 2.75) is 19.8 Å². The van der Waals surface area contributed by atoms with Crippen LogP contribution in [0.3, 0.4) is 0 Å². The van der Waals surface area contributed by atoms with Crippen LogP contribution in [0.2, 0.25) is 0 Å². The summed E-state index contributed by atoms with van der Waals surface area (Å²) < 4.78 is 70.7. The molecule has 0 unspecified atom stereocenters. The molecule has 0 spiro atoms. The van der Waals surface area contributed by atoms with Gasteiger partial charge >= 0.3 is 5.97 Å². The zero-order valence-electron chi connectivity index (χ0n) is 11.9. The van der Waals surface area contributed by atoms with E-state index in [4.69, 9.17) is 0 Å². The van der Waals surface area contributed by atoms with Crippen molar-refractivity contribution in [3.63, 3.8) is 0 Å². The van der Waals surface area contributed by atoms with Crippen molar-refractivity contribution in [1.82, 2.24) is 0 Å². The first-order valence-electron chi connectivity index (χ1n) is 6.69. The third-order valence-electron chi connectivity index (χ3n) is 3.09. The van der Waals surface area contributed by atoms with E-state index in [0.717, 1.165) is 18.4 Å². The summed E-state index contributed by atoms with van der Waals surface area (Å²) in [6, 6.07) is 6.00. The highest BCUT2D eigenvalue weighted by atomic mass is 19.2. The minimum absolute atomic E-state index is 0.0706. The Morgan fingerprint density at radius 2 is 1.35 bits per heavy atom. The van der Waals surface area contributed by atoms with Crippen LogP contribution in [0.25, 0.3) is 0 Å². The number of rotatable bonds is 4. The van der Waals surface area contributed by atoms with Gasteiger partial charge in [-0.25, -0.2) is 26.7 Å². The molecule has 0 fully saturated rings. The molecule has 0 radical (unpaired) electrons. The van der Waals surface area contributed by atoms with Crippen LogP contribution in [0, 0.1) is 29.1 Å². The fourth-order valence-electron chi connectivity index (χ4n) is 1.96. The molecule has 0 aliphatic rings. The smallest absolute Gasteiger partial charge is 0.349 e. The molecule has 0 aromatic heterocycles. The topological polar surface area (TPSA) is 26.3 Å². The maximum absolute atomic E-state index is 13.5. The number of ether oxygens (including phenoxy) is 1. The lowest BCUT2D eigenvalue weighted by Crippen LogP contribution is -2.17. The molecular weight excluding hydrogens is 319 g/mol. The van der Waals surface area contributed by atoms with Gasteiger partial charge in [0.2, 0.25) is 5.82 Å². The predicted molar refractivity (Wildman–Crippen MR) is 71.6 cm³/mol. The quantitative estimate of drug-likeness (QED) is 0.270. The Bertz CT molecular complexity index is 712. The largest absolute Gasteiger partial charge is 0.423 e. The fraction of sp³-hybridized carbons (Fsp3) is 0.188. The average Bonchev–Trinajstić information content (AvgIpc) is 2.53. The second-order valence-corrected chi connectivity index (χ2v) is 4.73. The maximum Gasteiger partial charge on any atom is 0.349 e. The average molecular weight is 330 g/mol. The molecule has 2 aromatic carbocycles. The summed E-state index contributed by atoms with van der Waals surface area (Å²) in [5.41, 5.74) is -0.678. The molecule has 2 aromatic rings. The summed E-state index contributed by atoms with van der Waals surface area (Å²) in [5.74, 6) is -12.9. The van der Waals surface area contributed by atoms with E-state index < -0.39 is 40.6 Å². The van der Waals surface area contributed by atoms with Crippen LogP contribution in [-0.2, 0) is 6.42 Å². The standard InChI is InChI=1S/C16H11F5O2/c1-2-3-8-4-6-9(7-5-8)23-16(22)10-11(17)13(19)15(21)14(20)12(10)18/h4-7H,2-3H2,1H3. The molecule has 0 aliphatic carbocycles. The summed E-state index contributed by atoms with van der Waals surface area (Å²) in [6.45, 7) is 1.97. The molecule has 122 valence electrons. The molecular formula is C16H11F5O2. The van der Waals surface area contributed by atoms with Crippen molar-refractivity contribution in [1.29, 1.82) is 0 Å². The number of carbonyl (C=O) groups excluding carboxylic acids is 1. The van der Waals surface area contributed by atoms with Crippen LogP contribution in [0.1, 0.15) is 29.3 Å². The van der Waals surface area contributed by atoms with E-state index in [1.165, 1.54) is 12.1 Å². The Morgan fingerprint density at radius 1 is 0.870 bits per heavy atom. The molecule has 0 atom stereocenters. The van der Waals surface area contributed by atoms with Crippen molar-refractivity contribution >= 4 is 5.97 Å². The zero-order valence-corrected chi connectivity index (χ0v) is 11.9. The highest BCUT2D eigenvalue weighted by Crippen LogP contribution is 2.24. The normalized spacial score (nSPS) is 10.7. The summed E-state index contributed by atoms with van der Waals surface area (Å²) in [7, 11) is 0. The Labute approximate surface area is 128 Å². The molecule has 7 heteroatoms. The lowest BCUT2D eigenvalue weighted by molar-refractivity contribution is 0.0721. The zero-order chi connectivity index (χ0) is 17.1. The highest BCUT2D eigenvalue weighted by molar-refractivity contribution is 5.91. The van der Waals surface area contributed by atoms with Crippen LogP contribution < -0.4 is 4.74 Å². The van der Waals surface area contributed by atoms with Gasteiger partial charge in [-0.3, -0.25) is 0 Å². The Balaban J connectivity index is 2.31. The Hall–Kier alpha value is -2.44. The Morgan fingerprint density at radius 3 is 1.83 bits per heavy atom. The molecule has 0 saturated heterocycles. The number of hydrogen-bond acceptors (Lipinski definition) is 2. The summed E-state index contributed by atoms with van der Waals surface area (Å²) >= 11 is 0. The van der Waals surface area contributed by atoms with Gasteiger partial charge in [-0.05, 0) is 24.1 Å². The number of aryl methyl sites for hydroxylation is 1. The molecule has 2 rings (SSSR count). The van der Waals surface area contributed by atoms with Gasteiger partial charge in [-0.2, -0.15) is 0 Å². The number of hydrogen-bond donors (Lipinski definition) is 0. The van der Waals surface area contributed by atoms with E-state index in [1.807, 2.05) is 6.92 Å². The fourth-order valence-corrected chi connectivity index (χ4v) is 1.96. The first kappa shape index (κ1) is 16.9. The number of esters is 1. The van der Waals surface area contributed by atoms with E-state index in [2.05, 4.69) is 4.74 Å². The highest BCUT2D eigenvalue weighted by Gasteiger charge is 2.30. The predicted octanol–water partition coefficient (Wildman–Crippen LogP) is 4.55. The van der Waals surface area contributed by atoms with Gasteiger partial charge in [0.1, 0.15) is 11.3 Å². The van der Waals surface area contributed by atoms with Crippen molar-refractivity contribution in [2.24, 2.45) is 0 Å². The van der Waals surface area contributed by atoms with Crippen molar-refractivity contribution in [3.8, 4) is 5.75 Å². The van der Waals surface area contributed by atoms with E-state index in [1.54, 1.807) is 12.1 Å². The molecule has 2 nitrogen and oxygen atoms in total. The summed E-state index contributed by atoms with van der Waals surface area (Å²) in [4.78, 5) is 11.7. The maximum atomic E-state index is 13.5. The van der Waals surface area contributed by atoms with Crippen LogP contribution >= 0.6 is 0 Å². The number of benzene rings is 2. The molecule has 0 bridgehead atoms. The molecule has 0 amide bonds. The lowest BCUT2D eigenvalue weighted by Gasteiger charge is -2.09. The molecule has 0 heterocycles. The van der Waals surface area contributed by atoms with Crippen molar-refractivity contribution < 1.29 is 31.5 Å². The molecule has 0 N–H and O–H groups in total. The van der Waals surface area contributed by atoms with Gasteiger partial charge in [0, 0.05) is 0 Å². The van der Waals surface area contributed by atoms with Gasteiger partial charge in [0.05, 0.1) is 0 Å². The van der Waals surface area contributed by atoms with Crippen LogP contribution in [-0.4, -0.2) is 5.97 Å². The Kier molecular flexibility index (Phi) is 4.98. The third kappa shape index (κ3) is 3.33. The van der Waals surface area contributed by atoms with E-state index in [0.29, 0.717) is 0 Å². The second kappa shape index (κ2) is 6.76. The van der Waals surface area contributed by atoms with Gasteiger partial charge in [0.15, 0.2) is 23.3 Å². The van der Waals surface area contributed by atoms with Gasteiger partial charge < -0.3 is 4.74 Å². The van der Waals surface area contributed by atoms with Gasteiger partial charge in [0.25, 0.3) is 0 Å². The molecule has 23 heavy (non-hydrogen) atoms. The lowest BCUT2D eigenvalue weighted by atomic mass is 10.1. The number of halogens is 5. The van der Waals surface area contributed by atoms with Crippen molar-refractivity contribution in [3.05, 3.63) is 64.5 Å².